The Morgan fingerprint density at radius 3 is 2.41 bits per heavy atom. The second-order valence-electron chi connectivity index (χ2n) is 5.62. The van der Waals surface area contributed by atoms with Crippen LogP contribution in [-0.4, -0.2) is 41.9 Å². The molecular formula is C17H20N2O3. The fourth-order valence-electron chi connectivity index (χ4n) is 2.92. The number of carboxylic acids is 1. The molecule has 0 spiro atoms. The fourth-order valence-corrected chi connectivity index (χ4v) is 2.92. The Morgan fingerprint density at radius 2 is 1.82 bits per heavy atom. The molecule has 0 bridgehead atoms. The zero-order chi connectivity index (χ0) is 15.7. The minimum atomic E-state index is -0.901. The monoisotopic (exact) mass is 300 g/mol. The van der Waals surface area contributed by atoms with Crippen molar-refractivity contribution in [2.45, 2.75) is 6.92 Å². The highest BCUT2D eigenvalue weighted by molar-refractivity contribution is 5.98. The second kappa shape index (κ2) is 5.85. The van der Waals surface area contributed by atoms with Crippen LogP contribution >= 0.6 is 0 Å². The molecule has 0 saturated carbocycles. The van der Waals surface area contributed by atoms with Crippen LogP contribution in [-0.2, 0) is 11.8 Å². The molecule has 2 heterocycles. The standard InChI is InChI=1S/C17H20N2O3/c1-12-3-5-13(6-4-12)14-11-18(2)16(17(20)21)15(14)19-7-9-22-10-8-19/h3-6,11H,7-10H2,1-2H3,(H,20,21). The molecule has 1 saturated heterocycles. The van der Waals surface area contributed by atoms with Gasteiger partial charge in [-0.2, -0.15) is 0 Å². The van der Waals surface area contributed by atoms with Crippen LogP contribution in [0.25, 0.3) is 11.1 Å². The van der Waals surface area contributed by atoms with E-state index in [1.807, 2.05) is 37.4 Å². The van der Waals surface area contributed by atoms with Crippen molar-refractivity contribution in [1.29, 1.82) is 0 Å². The third kappa shape index (κ3) is 2.60. The van der Waals surface area contributed by atoms with Crippen molar-refractivity contribution in [2.75, 3.05) is 31.2 Å². The third-order valence-electron chi connectivity index (χ3n) is 4.05. The van der Waals surface area contributed by atoms with Crippen LogP contribution in [0.2, 0.25) is 0 Å². The zero-order valence-corrected chi connectivity index (χ0v) is 12.9. The maximum absolute atomic E-state index is 11.7. The highest BCUT2D eigenvalue weighted by atomic mass is 16.5. The fraction of sp³-hybridized carbons (Fsp3) is 0.353. The highest BCUT2D eigenvalue weighted by Gasteiger charge is 2.26. The van der Waals surface area contributed by atoms with Crippen LogP contribution < -0.4 is 4.90 Å². The molecule has 3 rings (SSSR count). The van der Waals surface area contributed by atoms with Gasteiger partial charge in [0.2, 0.25) is 0 Å². The number of aromatic nitrogens is 1. The van der Waals surface area contributed by atoms with E-state index in [0.29, 0.717) is 32.0 Å². The lowest BCUT2D eigenvalue weighted by Gasteiger charge is -2.29. The summed E-state index contributed by atoms with van der Waals surface area (Å²) >= 11 is 0. The van der Waals surface area contributed by atoms with Crippen molar-refractivity contribution < 1.29 is 14.6 Å². The summed E-state index contributed by atoms with van der Waals surface area (Å²) in [5.41, 5.74) is 4.31. The van der Waals surface area contributed by atoms with Gasteiger partial charge in [0.05, 0.1) is 18.9 Å². The molecule has 1 aromatic heterocycles. The molecule has 0 radical (unpaired) electrons. The van der Waals surface area contributed by atoms with Gasteiger partial charge >= 0.3 is 5.97 Å². The predicted octanol–water partition coefficient (Wildman–Crippen LogP) is 2.54. The number of nitrogens with zero attached hydrogens (tertiary/aromatic N) is 2. The number of rotatable bonds is 3. The third-order valence-corrected chi connectivity index (χ3v) is 4.05. The Bertz CT molecular complexity index is 683. The first-order chi connectivity index (χ1) is 10.6. The van der Waals surface area contributed by atoms with Crippen LogP contribution in [0.1, 0.15) is 16.1 Å². The van der Waals surface area contributed by atoms with Gasteiger partial charge in [-0.3, -0.25) is 0 Å². The summed E-state index contributed by atoms with van der Waals surface area (Å²) in [6.45, 7) is 4.72. The largest absolute Gasteiger partial charge is 0.477 e. The molecule has 0 aliphatic carbocycles. The quantitative estimate of drug-likeness (QED) is 0.946. The topological polar surface area (TPSA) is 54.7 Å². The van der Waals surface area contributed by atoms with Gasteiger partial charge in [-0.25, -0.2) is 4.79 Å². The van der Waals surface area contributed by atoms with E-state index in [1.54, 1.807) is 11.6 Å². The van der Waals surface area contributed by atoms with Gasteiger partial charge in [-0.15, -0.1) is 0 Å². The minimum Gasteiger partial charge on any atom is -0.477 e. The summed E-state index contributed by atoms with van der Waals surface area (Å²) in [6, 6.07) is 8.18. The molecule has 1 aliphatic rings. The molecule has 2 aromatic rings. The Labute approximate surface area is 129 Å². The van der Waals surface area contributed by atoms with Crippen molar-refractivity contribution in [1.82, 2.24) is 4.57 Å². The van der Waals surface area contributed by atoms with Gasteiger partial charge in [0, 0.05) is 31.9 Å². The van der Waals surface area contributed by atoms with Crippen LogP contribution in [0.15, 0.2) is 30.5 Å². The molecule has 1 aliphatic heterocycles. The van der Waals surface area contributed by atoms with Gasteiger partial charge in [0.15, 0.2) is 5.69 Å². The number of anilines is 1. The number of benzene rings is 1. The molecule has 0 atom stereocenters. The van der Waals surface area contributed by atoms with Crippen molar-refractivity contribution in [3.63, 3.8) is 0 Å². The predicted molar refractivity (Wildman–Crippen MR) is 85.6 cm³/mol. The lowest BCUT2D eigenvalue weighted by atomic mass is 10.0. The number of aromatic carboxylic acids is 1. The average Bonchev–Trinajstić information content (AvgIpc) is 2.86. The molecule has 1 aromatic carbocycles. The van der Waals surface area contributed by atoms with E-state index < -0.39 is 5.97 Å². The molecule has 1 N–H and O–H groups in total. The molecule has 0 amide bonds. The number of morpholine rings is 1. The SMILES string of the molecule is Cc1ccc(-c2cn(C)c(C(=O)O)c2N2CCOCC2)cc1. The number of carboxylic acid groups (broad SMARTS) is 1. The van der Waals surface area contributed by atoms with Crippen molar-refractivity contribution in [3.8, 4) is 11.1 Å². The smallest absolute Gasteiger partial charge is 0.354 e. The van der Waals surface area contributed by atoms with Gasteiger partial charge in [-0.05, 0) is 12.5 Å². The van der Waals surface area contributed by atoms with E-state index in [4.69, 9.17) is 4.74 Å². The lowest BCUT2D eigenvalue weighted by Crippen LogP contribution is -2.37. The molecular weight excluding hydrogens is 280 g/mol. The number of hydrogen-bond acceptors (Lipinski definition) is 3. The first-order valence-corrected chi connectivity index (χ1v) is 7.40. The van der Waals surface area contributed by atoms with Crippen LogP contribution in [0.4, 0.5) is 5.69 Å². The summed E-state index contributed by atoms with van der Waals surface area (Å²) in [5, 5.41) is 9.60. The summed E-state index contributed by atoms with van der Waals surface area (Å²) < 4.78 is 7.09. The first kappa shape index (κ1) is 14.7. The van der Waals surface area contributed by atoms with Crippen LogP contribution in [0.5, 0.6) is 0 Å². The molecule has 5 nitrogen and oxygen atoms in total. The van der Waals surface area contributed by atoms with Crippen molar-refractivity contribution in [2.24, 2.45) is 7.05 Å². The van der Waals surface area contributed by atoms with Crippen molar-refractivity contribution >= 4 is 11.7 Å². The number of aryl methyl sites for hydroxylation is 2. The van der Waals surface area contributed by atoms with E-state index in [9.17, 15) is 9.90 Å². The van der Waals surface area contributed by atoms with E-state index >= 15 is 0 Å². The van der Waals surface area contributed by atoms with E-state index in [2.05, 4.69) is 4.90 Å². The Kier molecular flexibility index (Phi) is 3.90. The second-order valence-corrected chi connectivity index (χ2v) is 5.62. The molecule has 5 heteroatoms. The summed E-state index contributed by atoms with van der Waals surface area (Å²) in [6.07, 6.45) is 1.90. The van der Waals surface area contributed by atoms with Gasteiger partial charge < -0.3 is 19.3 Å². The van der Waals surface area contributed by atoms with Gasteiger partial charge in [0.25, 0.3) is 0 Å². The number of carbonyl (C=O) groups is 1. The van der Waals surface area contributed by atoms with Gasteiger partial charge in [-0.1, -0.05) is 29.8 Å². The Hall–Kier alpha value is -2.27. The maximum atomic E-state index is 11.7. The summed E-state index contributed by atoms with van der Waals surface area (Å²) in [5.74, 6) is -0.901. The van der Waals surface area contributed by atoms with E-state index in [-0.39, 0.29) is 0 Å². The number of ether oxygens (including phenoxy) is 1. The molecule has 1 fully saturated rings. The molecule has 22 heavy (non-hydrogen) atoms. The van der Waals surface area contributed by atoms with Gasteiger partial charge in [0.1, 0.15) is 0 Å². The van der Waals surface area contributed by atoms with Crippen LogP contribution in [0, 0.1) is 6.92 Å². The Morgan fingerprint density at radius 1 is 1.18 bits per heavy atom. The van der Waals surface area contributed by atoms with Crippen molar-refractivity contribution in [3.05, 3.63) is 41.7 Å². The zero-order valence-electron chi connectivity index (χ0n) is 12.9. The highest BCUT2D eigenvalue weighted by Crippen LogP contribution is 2.36. The summed E-state index contributed by atoms with van der Waals surface area (Å²) in [4.78, 5) is 13.8. The minimum absolute atomic E-state index is 0.331. The van der Waals surface area contributed by atoms with E-state index in [1.165, 1.54) is 5.56 Å². The van der Waals surface area contributed by atoms with E-state index in [0.717, 1.165) is 16.8 Å². The average molecular weight is 300 g/mol. The normalized spacial score (nSPS) is 15.1. The van der Waals surface area contributed by atoms with Crippen LogP contribution in [0.3, 0.4) is 0 Å². The molecule has 0 unspecified atom stereocenters. The lowest BCUT2D eigenvalue weighted by molar-refractivity contribution is 0.0686. The first-order valence-electron chi connectivity index (χ1n) is 7.40. The number of hydrogen-bond donors (Lipinski definition) is 1. The maximum Gasteiger partial charge on any atom is 0.354 e. The Balaban J connectivity index is 2.14. The molecule has 116 valence electrons. The summed E-state index contributed by atoms with van der Waals surface area (Å²) in [7, 11) is 1.78.